The fraction of sp³-hybridized carbons (Fsp3) is 0.857. The van der Waals surface area contributed by atoms with E-state index in [1.807, 2.05) is 18.7 Å². The monoisotopic (exact) mass is 160 g/mol. The van der Waals surface area contributed by atoms with E-state index in [0.29, 0.717) is 5.84 Å². The summed E-state index contributed by atoms with van der Waals surface area (Å²) < 4.78 is 0. The number of nitrogens with two attached hydrogens (primary N) is 1. The van der Waals surface area contributed by atoms with Crippen LogP contribution in [0.5, 0.6) is 0 Å². The van der Waals surface area contributed by atoms with Crippen LogP contribution in [-0.4, -0.2) is 24.4 Å². The molecule has 0 saturated carbocycles. The fourth-order valence-corrected chi connectivity index (χ4v) is 1.11. The van der Waals surface area contributed by atoms with E-state index in [9.17, 15) is 0 Å². The third-order valence-electron chi connectivity index (χ3n) is 1.12. The van der Waals surface area contributed by atoms with Crippen molar-refractivity contribution < 1.29 is 0 Å². The highest BCUT2D eigenvalue weighted by atomic mass is 32.2. The molecule has 0 radical (unpaired) electrons. The van der Waals surface area contributed by atoms with Crippen molar-refractivity contribution in [3.05, 3.63) is 0 Å². The summed E-state index contributed by atoms with van der Waals surface area (Å²) in [6, 6.07) is 0. The maximum Gasteiger partial charge on any atom is 0.0905 e. The van der Waals surface area contributed by atoms with Gasteiger partial charge in [-0.25, -0.2) is 0 Å². The zero-order chi connectivity index (χ0) is 7.82. The summed E-state index contributed by atoms with van der Waals surface area (Å²) in [5.41, 5.74) is 5.35. The molecule has 0 unspecified atom stereocenters. The Morgan fingerprint density at radius 3 is 2.70 bits per heavy atom. The molecule has 0 aliphatic rings. The van der Waals surface area contributed by atoms with E-state index >= 15 is 0 Å². The topological polar surface area (TPSA) is 38.4 Å². The quantitative estimate of drug-likeness (QED) is 0.376. The molecule has 0 rings (SSSR count). The van der Waals surface area contributed by atoms with Gasteiger partial charge in [0.25, 0.3) is 0 Å². The van der Waals surface area contributed by atoms with Crippen molar-refractivity contribution in [2.24, 2.45) is 10.7 Å². The largest absolute Gasteiger partial charge is 0.388 e. The summed E-state index contributed by atoms with van der Waals surface area (Å²) in [6.45, 7) is 2.72. The predicted octanol–water partition coefficient (Wildman–Crippen LogP) is 1.51. The average Bonchev–Trinajstić information content (AvgIpc) is 1.87. The van der Waals surface area contributed by atoms with Crippen molar-refractivity contribution in [2.45, 2.75) is 19.8 Å². The third kappa shape index (κ3) is 7.82. The first-order valence-corrected chi connectivity index (χ1v) is 4.92. The predicted molar refractivity (Wildman–Crippen MR) is 49.8 cm³/mol. The standard InChI is InChI=1S/C7H16N2S/c1-7(8)9-5-3-4-6-10-2/h3-6H2,1-2H3,(H2,8,9). The van der Waals surface area contributed by atoms with Crippen LogP contribution in [-0.2, 0) is 0 Å². The molecule has 60 valence electrons. The Morgan fingerprint density at radius 2 is 2.20 bits per heavy atom. The highest BCUT2D eigenvalue weighted by Gasteiger charge is 1.85. The number of nitrogens with zero attached hydrogens (tertiary/aromatic N) is 1. The van der Waals surface area contributed by atoms with Crippen LogP contribution in [0.2, 0.25) is 0 Å². The second-order valence-electron chi connectivity index (χ2n) is 2.22. The van der Waals surface area contributed by atoms with Crippen molar-refractivity contribution in [3.63, 3.8) is 0 Å². The van der Waals surface area contributed by atoms with Crippen LogP contribution in [0.1, 0.15) is 19.8 Å². The maximum absolute atomic E-state index is 5.35. The molecular formula is C7H16N2S. The molecule has 0 aromatic carbocycles. The highest BCUT2D eigenvalue weighted by molar-refractivity contribution is 7.98. The minimum Gasteiger partial charge on any atom is -0.388 e. The van der Waals surface area contributed by atoms with E-state index in [1.165, 1.54) is 12.2 Å². The van der Waals surface area contributed by atoms with E-state index in [4.69, 9.17) is 5.73 Å². The lowest BCUT2D eigenvalue weighted by Crippen LogP contribution is -2.05. The number of rotatable bonds is 5. The minimum atomic E-state index is 0.698. The molecule has 2 nitrogen and oxygen atoms in total. The van der Waals surface area contributed by atoms with E-state index in [1.54, 1.807) is 0 Å². The van der Waals surface area contributed by atoms with Gasteiger partial charge in [-0.05, 0) is 31.8 Å². The van der Waals surface area contributed by atoms with Gasteiger partial charge in [-0.2, -0.15) is 11.8 Å². The van der Waals surface area contributed by atoms with Crippen LogP contribution in [0.15, 0.2) is 4.99 Å². The van der Waals surface area contributed by atoms with Crippen molar-refractivity contribution in [1.29, 1.82) is 0 Å². The van der Waals surface area contributed by atoms with Gasteiger partial charge in [-0.1, -0.05) is 0 Å². The van der Waals surface area contributed by atoms with Gasteiger partial charge in [0, 0.05) is 6.54 Å². The van der Waals surface area contributed by atoms with E-state index in [0.717, 1.165) is 13.0 Å². The van der Waals surface area contributed by atoms with Gasteiger partial charge in [0.05, 0.1) is 5.84 Å². The number of amidine groups is 1. The van der Waals surface area contributed by atoms with Crippen LogP contribution in [0.3, 0.4) is 0 Å². The first-order valence-electron chi connectivity index (χ1n) is 3.53. The van der Waals surface area contributed by atoms with E-state index in [2.05, 4.69) is 11.2 Å². The van der Waals surface area contributed by atoms with Crippen LogP contribution in [0.25, 0.3) is 0 Å². The maximum atomic E-state index is 5.35. The SMILES string of the molecule is CSCCCCN=C(C)N. The Hall–Kier alpha value is -0.180. The Balaban J connectivity index is 2.98. The number of hydrogen-bond acceptors (Lipinski definition) is 2. The Bertz CT molecular complexity index is 97.8. The second kappa shape index (κ2) is 6.93. The lowest BCUT2D eigenvalue weighted by molar-refractivity contribution is 0.814. The molecule has 3 heteroatoms. The van der Waals surface area contributed by atoms with Crippen LogP contribution in [0, 0.1) is 0 Å². The third-order valence-corrected chi connectivity index (χ3v) is 1.81. The lowest BCUT2D eigenvalue weighted by Gasteiger charge is -1.94. The Labute approximate surface area is 67.3 Å². The highest BCUT2D eigenvalue weighted by Crippen LogP contribution is 1.98. The normalized spacial score (nSPS) is 12.0. The van der Waals surface area contributed by atoms with Crippen molar-refractivity contribution in [1.82, 2.24) is 0 Å². The van der Waals surface area contributed by atoms with Gasteiger partial charge in [0.1, 0.15) is 0 Å². The lowest BCUT2D eigenvalue weighted by atomic mass is 10.3. The van der Waals surface area contributed by atoms with Crippen molar-refractivity contribution in [3.8, 4) is 0 Å². The van der Waals surface area contributed by atoms with Gasteiger partial charge in [0.15, 0.2) is 0 Å². The molecule has 0 aliphatic heterocycles. The fourth-order valence-electron chi connectivity index (χ4n) is 0.614. The summed E-state index contributed by atoms with van der Waals surface area (Å²) in [6.07, 6.45) is 4.53. The molecule has 0 bridgehead atoms. The number of thioether (sulfide) groups is 1. The molecule has 0 aliphatic carbocycles. The molecule has 0 saturated heterocycles. The second-order valence-corrected chi connectivity index (χ2v) is 3.21. The van der Waals surface area contributed by atoms with E-state index in [-0.39, 0.29) is 0 Å². The summed E-state index contributed by atoms with van der Waals surface area (Å²) in [5, 5.41) is 0. The first-order chi connectivity index (χ1) is 4.77. The molecule has 0 fully saturated rings. The van der Waals surface area contributed by atoms with Crippen molar-refractivity contribution >= 4 is 17.6 Å². The zero-order valence-electron chi connectivity index (χ0n) is 6.76. The molecular weight excluding hydrogens is 144 g/mol. The molecule has 0 spiro atoms. The molecule has 2 N–H and O–H groups in total. The minimum absolute atomic E-state index is 0.698. The number of aliphatic imine (C=N–C) groups is 1. The van der Waals surface area contributed by atoms with Gasteiger partial charge in [0.2, 0.25) is 0 Å². The summed E-state index contributed by atoms with van der Waals surface area (Å²) in [4.78, 5) is 4.08. The van der Waals surface area contributed by atoms with Crippen LogP contribution in [0.4, 0.5) is 0 Å². The summed E-state index contributed by atoms with van der Waals surface area (Å²) in [5.74, 6) is 1.93. The molecule has 10 heavy (non-hydrogen) atoms. The van der Waals surface area contributed by atoms with Gasteiger partial charge in [-0.3, -0.25) is 4.99 Å². The van der Waals surface area contributed by atoms with E-state index < -0.39 is 0 Å². The first kappa shape index (κ1) is 9.82. The van der Waals surface area contributed by atoms with Crippen LogP contribution >= 0.6 is 11.8 Å². The molecule has 0 atom stereocenters. The molecule has 0 aromatic heterocycles. The van der Waals surface area contributed by atoms with Gasteiger partial charge >= 0.3 is 0 Å². The smallest absolute Gasteiger partial charge is 0.0905 e. The van der Waals surface area contributed by atoms with Gasteiger partial charge in [-0.15, -0.1) is 0 Å². The molecule has 0 amide bonds. The summed E-state index contributed by atoms with van der Waals surface area (Å²) >= 11 is 1.88. The average molecular weight is 160 g/mol. The molecule has 0 aromatic rings. The Kier molecular flexibility index (Phi) is 6.81. The number of hydrogen-bond donors (Lipinski definition) is 1. The van der Waals surface area contributed by atoms with Crippen LogP contribution < -0.4 is 5.73 Å². The Morgan fingerprint density at radius 1 is 1.50 bits per heavy atom. The van der Waals surface area contributed by atoms with Crippen molar-refractivity contribution in [2.75, 3.05) is 18.6 Å². The van der Waals surface area contributed by atoms with Gasteiger partial charge < -0.3 is 5.73 Å². The summed E-state index contributed by atoms with van der Waals surface area (Å²) in [7, 11) is 0. The number of unbranched alkanes of at least 4 members (excludes halogenated alkanes) is 1. The zero-order valence-corrected chi connectivity index (χ0v) is 7.58. The molecule has 0 heterocycles.